The van der Waals surface area contributed by atoms with Crippen LogP contribution < -0.4 is 0 Å². The van der Waals surface area contributed by atoms with E-state index in [1.165, 1.54) is 0 Å². The number of thiophene rings is 1. The molecular formula is C11H12BrNO3S. The summed E-state index contributed by atoms with van der Waals surface area (Å²) in [7, 11) is 1.72. The molecule has 0 aromatic carbocycles. The third kappa shape index (κ3) is 2.87. The van der Waals surface area contributed by atoms with Crippen LogP contribution in [0.2, 0.25) is 0 Å². The van der Waals surface area contributed by atoms with Gasteiger partial charge in [0.1, 0.15) is 0 Å². The van der Waals surface area contributed by atoms with Crippen LogP contribution in [0.5, 0.6) is 0 Å². The van der Waals surface area contributed by atoms with E-state index in [4.69, 9.17) is 5.11 Å². The predicted molar refractivity (Wildman–Crippen MR) is 67.7 cm³/mol. The number of amides is 1. The molecule has 1 saturated carbocycles. The Kier molecular flexibility index (Phi) is 3.53. The molecule has 1 aliphatic carbocycles. The maximum Gasteiger partial charge on any atom is 0.307 e. The number of carbonyl (C=O) groups excluding carboxylic acids is 1. The van der Waals surface area contributed by atoms with Crippen LogP contribution in [0.1, 0.15) is 11.3 Å². The molecule has 0 unspecified atom stereocenters. The van der Waals surface area contributed by atoms with Gasteiger partial charge in [-0.1, -0.05) is 0 Å². The molecular weight excluding hydrogens is 306 g/mol. The van der Waals surface area contributed by atoms with E-state index in [-0.39, 0.29) is 11.8 Å². The Labute approximate surface area is 111 Å². The van der Waals surface area contributed by atoms with Crippen molar-refractivity contribution in [2.75, 3.05) is 7.05 Å². The fourth-order valence-electron chi connectivity index (χ4n) is 1.77. The Hall–Kier alpha value is -0.880. The molecule has 4 nitrogen and oxygen atoms in total. The Bertz CT molecular complexity index is 459. The average molecular weight is 318 g/mol. The fourth-order valence-corrected chi connectivity index (χ4v) is 3.31. The van der Waals surface area contributed by atoms with E-state index in [0.29, 0.717) is 13.0 Å². The van der Waals surface area contributed by atoms with Crippen LogP contribution in [-0.4, -0.2) is 28.9 Å². The molecule has 1 aromatic rings. The van der Waals surface area contributed by atoms with E-state index in [0.717, 1.165) is 8.66 Å². The quantitative estimate of drug-likeness (QED) is 0.926. The molecule has 2 rings (SSSR count). The van der Waals surface area contributed by atoms with Crippen molar-refractivity contribution in [3.63, 3.8) is 0 Å². The Morgan fingerprint density at radius 1 is 1.53 bits per heavy atom. The van der Waals surface area contributed by atoms with Crippen LogP contribution >= 0.6 is 27.3 Å². The monoisotopic (exact) mass is 317 g/mol. The predicted octanol–water partition coefficient (Wildman–Crippen LogP) is 2.19. The summed E-state index contributed by atoms with van der Waals surface area (Å²) in [6, 6.07) is 3.90. The standard InChI is InChI=1S/C11H12BrNO3S/c1-13(5-6-2-3-9(12)17-6)10(14)7-4-8(7)11(15)16/h2-3,7-8H,4-5H2,1H3,(H,15,16)/t7-,8+/m1/s1. The minimum atomic E-state index is -0.865. The Morgan fingerprint density at radius 3 is 2.71 bits per heavy atom. The largest absolute Gasteiger partial charge is 0.481 e. The van der Waals surface area contributed by atoms with Gasteiger partial charge in [-0.2, -0.15) is 0 Å². The lowest BCUT2D eigenvalue weighted by atomic mass is 10.3. The maximum atomic E-state index is 11.9. The lowest BCUT2D eigenvalue weighted by molar-refractivity contribution is -0.141. The molecule has 0 spiro atoms. The molecule has 0 radical (unpaired) electrons. The van der Waals surface area contributed by atoms with Crippen molar-refractivity contribution in [2.45, 2.75) is 13.0 Å². The lowest BCUT2D eigenvalue weighted by Gasteiger charge is -2.15. The molecule has 17 heavy (non-hydrogen) atoms. The zero-order valence-corrected chi connectivity index (χ0v) is 11.6. The van der Waals surface area contributed by atoms with Gasteiger partial charge < -0.3 is 10.0 Å². The highest BCUT2D eigenvalue weighted by atomic mass is 79.9. The minimum Gasteiger partial charge on any atom is -0.481 e. The Morgan fingerprint density at radius 2 is 2.24 bits per heavy atom. The van der Waals surface area contributed by atoms with Crippen molar-refractivity contribution in [3.05, 3.63) is 20.8 Å². The normalized spacial score (nSPS) is 22.2. The first-order valence-corrected chi connectivity index (χ1v) is 6.82. The van der Waals surface area contributed by atoms with Gasteiger partial charge >= 0.3 is 5.97 Å². The number of aliphatic carboxylic acids is 1. The van der Waals surface area contributed by atoms with Crippen molar-refractivity contribution in [1.82, 2.24) is 4.90 Å². The van der Waals surface area contributed by atoms with Crippen molar-refractivity contribution in [3.8, 4) is 0 Å². The summed E-state index contributed by atoms with van der Waals surface area (Å²) < 4.78 is 1.03. The second-order valence-corrected chi connectivity index (χ2v) is 6.73. The number of carbonyl (C=O) groups is 2. The van der Waals surface area contributed by atoms with Crippen molar-refractivity contribution >= 4 is 39.1 Å². The van der Waals surface area contributed by atoms with E-state index in [1.807, 2.05) is 12.1 Å². The van der Waals surface area contributed by atoms with Gasteiger partial charge in [0.2, 0.25) is 5.91 Å². The molecule has 1 N–H and O–H groups in total. The second kappa shape index (κ2) is 4.78. The van der Waals surface area contributed by atoms with Crippen LogP contribution in [0.25, 0.3) is 0 Å². The van der Waals surface area contributed by atoms with Crippen LogP contribution in [0, 0.1) is 11.8 Å². The first-order chi connectivity index (χ1) is 7.99. The van der Waals surface area contributed by atoms with E-state index in [1.54, 1.807) is 23.3 Å². The molecule has 1 aliphatic rings. The zero-order valence-electron chi connectivity index (χ0n) is 9.22. The summed E-state index contributed by atoms with van der Waals surface area (Å²) in [5, 5.41) is 8.77. The molecule has 0 bridgehead atoms. The highest BCUT2D eigenvalue weighted by Gasteiger charge is 2.49. The van der Waals surface area contributed by atoms with Crippen LogP contribution in [-0.2, 0) is 16.1 Å². The summed E-state index contributed by atoms with van der Waals surface area (Å²) in [4.78, 5) is 25.3. The molecule has 1 fully saturated rings. The van der Waals surface area contributed by atoms with E-state index in [2.05, 4.69) is 15.9 Å². The molecule has 1 aromatic heterocycles. The lowest BCUT2D eigenvalue weighted by Crippen LogP contribution is -2.28. The number of carboxylic acids is 1. The maximum absolute atomic E-state index is 11.9. The average Bonchev–Trinajstić information content (AvgIpc) is 2.96. The van der Waals surface area contributed by atoms with Gasteiger partial charge in [0, 0.05) is 11.9 Å². The summed E-state index contributed by atoms with van der Waals surface area (Å²) in [6.45, 7) is 0.540. The van der Waals surface area contributed by atoms with Gasteiger partial charge in [-0.15, -0.1) is 11.3 Å². The summed E-state index contributed by atoms with van der Waals surface area (Å²) in [5.74, 6) is -1.72. The molecule has 0 saturated heterocycles. The topological polar surface area (TPSA) is 57.6 Å². The molecule has 6 heteroatoms. The van der Waals surface area contributed by atoms with Crippen LogP contribution in [0.4, 0.5) is 0 Å². The number of nitrogens with zero attached hydrogens (tertiary/aromatic N) is 1. The third-order valence-electron chi connectivity index (χ3n) is 2.82. The van der Waals surface area contributed by atoms with Gasteiger partial charge in [0.05, 0.1) is 22.2 Å². The van der Waals surface area contributed by atoms with E-state index >= 15 is 0 Å². The van der Waals surface area contributed by atoms with Gasteiger partial charge in [0.15, 0.2) is 0 Å². The van der Waals surface area contributed by atoms with Crippen LogP contribution in [0.3, 0.4) is 0 Å². The number of carboxylic acid groups (broad SMARTS) is 1. The zero-order chi connectivity index (χ0) is 12.6. The molecule has 2 atom stereocenters. The number of halogens is 1. The van der Waals surface area contributed by atoms with Gasteiger partial charge in [-0.05, 0) is 34.5 Å². The Balaban J connectivity index is 1.91. The summed E-state index contributed by atoms with van der Waals surface area (Å²) in [5.41, 5.74) is 0. The number of hydrogen-bond donors (Lipinski definition) is 1. The SMILES string of the molecule is CN(Cc1ccc(Br)s1)C(=O)[C@@H]1C[C@@H]1C(=O)O. The molecule has 92 valence electrons. The third-order valence-corrected chi connectivity index (χ3v) is 4.43. The number of hydrogen-bond acceptors (Lipinski definition) is 3. The molecule has 0 aliphatic heterocycles. The second-order valence-electron chi connectivity index (χ2n) is 4.19. The highest BCUT2D eigenvalue weighted by molar-refractivity contribution is 9.11. The van der Waals surface area contributed by atoms with Crippen LogP contribution in [0.15, 0.2) is 15.9 Å². The smallest absolute Gasteiger partial charge is 0.307 e. The highest BCUT2D eigenvalue weighted by Crippen LogP contribution is 2.40. The van der Waals surface area contributed by atoms with Gasteiger partial charge in [0.25, 0.3) is 0 Å². The van der Waals surface area contributed by atoms with Gasteiger partial charge in [-0.3, -0.25) is 9.59 Å². The minimum absolute atomic E-state index is 0.0677. The number of rotatable bonds is 4. The molecule has 1 amide bonds. The van der Waals surface area contributed by atoms with E-state index < -0.39 is 11.9 Å². The van der Waals surface area contributed by atoms with Gasteiger partial charge in [-0.25, -0.2) is 0 Å². The first-order valence-electron chi connectivity index (χ1n) is 5.21. The molecule has 1 heterocycles. The van der Waals surface area contributed by atoms with Crippen molar-refractivity contribution in [2.24, 2.45) is 11.8 Å². The summed E-state index contributed by atoms with van der Waals surface area (Å²) in [6.07, 6.45) is 0.479. The van der Waals surface area contributed by atoms with E-state index in [9.17, 15) is 9.59 Å². The van der Waals surface area contributed by atoms with Crippen molar-refractivity contribution < 1.29 is 14.7 Å². The van der Waals surface area contributed by atoms with Crippen molar-refractivity contribution in [1.29, 1.82) is 0 Å². The summed E-state index contributed by atoms with van der Waals surface area (Å²) >= 11 is 4.95. The first kappa shape index (κ1) is 12.6. The fraction of sp³-hybridized carbons (Fsp3) is 0.455.